The zero-order chi connectivity index (χ0) is 13.0. The lowest BCUT2D eigenvalue weighted by atomic mass is 10.1. The maximum absolute atomic E-state index is 11.9. The van der Waals surface area contributed by atoms with E-state index in [4.69, 9.17) is 0 Å². The Labute approximate surface area is 111 Å². The molecular weight excluding hydrogens is 284 g/mol. The molecule has 98 valence electrons. The van der Waals surface area contributed by atoms with Crippen LogP contribution in [0, 0.1) is 5.92 Å². The van der Waals surface area contributed by atoms with E-state index in [2.05, 4.69) is 15.9 Å². The largest absolute Gasteiger partial charge is 0.339 e. The molecule has 0 radical (unpaired) electrons. The van der Waals surface area contributed by atoms with Crippen LogP contribution in [-0.4, -0.2) is 52.6 Å². The van der Waals surface area contributed by atoms with Crippen molar-refractivity contribution in [3.8, 4) is 0 Å². The molecule has 1 heterocycles. The van der Waals surface area contributed by atoms with Gasteiger partial charge >= 0.3 is 0 Å². The maximum atomic E-state index is 11.9. The fraction of sp³-hybridized carbons (Fsp3) is 0.833. The van der Waals surface area contributed by atoms with Crippen LogP contribution in [0.25, 0.3) is 0 Å². The van der Waals surface area contributed by atoms with Gasteiger partial charge in [-0.1, -0.05) is 36.7 Å². The summed E-state index contributed by atoms with van der Waals surface area (Å²) in [6, 6.07) is 0. The second-order valence-corrected chi connectivity index (χ2v) is 5.79. The number of hydrogen-bond donors (Lipinski definition) is 0. The van der Waals surface area contributed by atoms with Crippen LogP contribution in [0.4, 0.5) is 0 Å². The van der Waals surface area contributed by atoms with Crippen molar-refractivity contribution in [3.05, 3.63) is 0 Å². The quantitative estimate of drug-likeness (QED) is 0.741. The molecule has 1 fully saturated rings. The molecule has 5 heteroatoms. The Hall–Kier alpha value is -0.580. The van der Waals surface area contributed by atoms with Crippen LogP contribution >= 0.6 is 15.9 Å². The minimum atomic E-state index is -0.0881. The third kappa shape index (κ3) is 3.69. The summed E-state index contributed by atoms with van der Waals surface area (Å²) in [5.41, 5.74) is 0. The van der Waals surface area contributed by atoms with E-state index in [1.807, 2.05) is 30.6 Å². The summed E-state index contributed by atoms with van der Waals surface area (Å²) in [5.74, 6) is 0.365. The first-order valence-corrected chi connectivity index (χ1v) is 7.10. The van der Waals surface area contributed by atoms with Gasteiger partial charge in [0.25, 0.3) is 0 Å². The molecule has 2 amide bonds. The second kappa shape index (κ2) is 6.38. The minimum absolute atomic E-state index is 0.0387. The molecule has 0 N–H and O–H groups in total. The highest BCUT2D eigenvalue weighted by molar-refractivity contribution is 9.10. The highest BCUT2D eigenvalue weighted by Crippen LogP contribution is 2.13. The lowest BCUT2D eigenvalue weighted by Crippen LogP contribution is -2.52. The molecule has 0 bridgehead atoms. The van der Waals surface area contributed by atoms with Gasteiger partial charge in [-0.25, -0.2) is 0 Å². The summed E-state index contributed by atoms with van der Waals surface area (Å²) in [7, 11) is 0. The van der Waals surface area contributed by atoms with Crippen LogP contribution in [0.5, 0.6) is 0 Å². The van der Waals surface area contributed by atoms with Crippen LogP contribution in [0.1, 0.15) is 27.2 Å². The van der Waals surface area contributed by atoms with E-state index in [0.29, 0.717) is 26.2 Å². The Morgan fingerprint density at radius 1 is 1.06 bits per heavy atom. The molecule has 1 rings (SSSR count). The topological polar surface area (TPSA) is 40.6 Å². The van der Waals surface area contributed by atoms with Gasteiger partial charge in [-0.3, -0.25) is 9.59 Å². The van der Waals surface area contributed by atoms with Crippen LogP contribution in [0.15, 0.2) is 0 Å². The van der Waals surface area contributed by atoms with Crippen LogP contribution < -0.4 is 0 Å². The van der Waals surface area contributed by atoms with Crippen molar-refractivity contribution in [2.24, 2.45) is 5.92 Å². The predicted octanol–water partition coefficient (Wildman–Crippen LogP) is 1.49. The number of carbonyl (C=O) groups excluding carboxylic acids is 2. The predicted molar refractivity (Wildman–Crippen MR) is 71.0 cm³/mol. The molecule has 0 aliphatic carbocycles. The van der Waals surface area contributed by atoms with Crippen molar-refractivity contribution < 1.29 is 9.59 Å². The first-order chi connectivity index (χ1) is 7.97. The highest BCUT2D eigenvalue weighted by atomic mass is 79.9. The van der Waals surface area contributed by atoms with Gasteiger partial charge in [-0.05, 0) is 6.42 Å². The number of alkyl halides is 1. The number of carbonyl (C=O) groups is 2. The number of halogens is 1. The van der Waals surface area contributed by atoms with Gasteiger partial charge in [0.2, 0.25) is 11.8 Å². The molecule has 1 saturated heterocycles. The van der Waals surface area contributed by atoms with Gasteiger partial charge in [0, 0.05) is 32.1 Å². The maximum Gasteiger partial charge on any atom is 0.236 e. The van der Waals surface area contributed by atoms with Gasteiger partial charge in [0.05, 0.1) is 4.83 Å². The summed E-state index contributed by atoms with van der Waals surface area (Å²) < 4.78 is 0. The van der Waals surface area contributed by atoms with E-state index in [-0.39, 0.29) is 22.6 Å². The van der Waals surface area contributed by atoms with Gasteiger partial charge in [-0.2, -0.15) is 0 Å². The molecule has 17 heavy (non-hydrogen) atoms. The second-order valence-electron chi connectivity index (χ2n) is 4.68. The van der Waals surface area contributed by atoms with E-state index in [9.17, 15) is 9.59 Å². The molecule has 1 aliphatic rings. The Morgan fingerprint density at radius 3 is 1.82 bits per heavy atom. The summed E-state index contributed by atoms with van der Waals surface area (Å²) in [6.45, 7) is 8.42. The molecule has 0 spiro atoms. The third-order valence-corrected chi connectivity index (χ3v) is 4.06. The van der Waals surface area contributed by atoms with E-state index >= 15 is 0 Å². The van der Waals surface area contributed by atoms with Crippen molar-refractivity contribution in [2.45, 2.75) is 32.0 Å². The molecule has 1 aliphatic heterocycles. The molecule has 4 nitrogen and oxygen atoms in total. The summed E-state index contributed by atoms with van der Waals surface area (Å²) >= 11 is 3.37. The van der Waals surface area contributed by atoms with Gasteiger partial charge < -0.3 is 9.80 Å². The Bertz CT molecular complexity index is 286. The van der Waals surface area contributed by atoms with Crippen LogP contribution in [0.2, 0.25) is 0 Å². The van der Waals surface area contributed by atoms with Crippen molar-refractivity contribution >= 4 is 27.7 Å². The SMILES string of the molecule is CCC(Br)C(=O)N1CCN(C(=O)C(C)C)CC1. The molecule has 0 aromatic rings. The van der Waals surface area contributed by atoms with Gasteiger partial charge in [0.1, 0.15) is 0 Å². The third-order valence-electron chi connectivity index (χ3n) is 3.02. The van der Waals surface area contributed by atoms with Crippen LogP contribution in [0.3, 0.4) is 0 Å². The zero-order valence-corrected chi connectivity index (χ0v) is 12.4. The lowest BCUT2D eigenvalue weighted by molar-refractivity contribution is -0.141. The lowest BCUT2D eigenvalue weighted by Gasteiger charge is -2.36. The van der Waals surface area contributed by atoms with Crippen LogP contribution in [-0.2, 0) is 9.59 Å². The molecule has 0 aromatic carbocycles. The minimum Gasteiger partial charge on any atom is -0.339 e. The van der Waals surface area contributed by atoms with E-state index in [0.717, 1.165) is 6.42 Å². The average molecular weight is 305 g/mol. The zero-order valence-electron chi connectivity index (χ0n) is 10.8. The number of nitrogens with zero attached hydrogens (tertiary/aromatic N) is 2. The molecule has 1 unspecified atom stereocenters. The normalized spacial score (nSPS) is 18.4. The first-order valence-electron chi connectivity index (χ1n) is 6.19. The van der Waals surface area contributed by atoms with Crippen molar-refractivity contribution in [2.75, 3.05) is 26.2 Å². The fourth-order valence-corrected chi connectivity index (χ4v) is 2.17. The highest BCUT2D eigenvalue weighted by Gasteiger charge is 2.27. The molecule has 1 atom stereocenters. The number of piperazine rings is 1. The van der Waals surface area contributed by atoms with E-state index < -0.39 is 0 Å². The van der Waals surface area contributed by atoms with Crippen molar-refractivity contribution in [1.29, 1.82) is 0 Å². The summed E-state index contributed by atoms with van der Waals surface area (Å²) in [6.07, 6.45) is 0.796. The fourth-order valence-electron chi connectivity index (χ4n) is 1.89. The molecular formula is C12H21BrN2O2. The standard InChI is InChI=1S/C12H21BrN2O2/c1-4-10(13)12(17)15-7-5-14(6-8-15)11(16)9(2)3/h9-10H,4-8H2,1-3H3. The van der Waals surface area contributed by atoms with Gasteiger partial charge in [0.15, 0.2) is 0 Å². The summed E-state index contributed by atoms with van der Waals surface area (Å²) in [4.78, 5) is 27.3. The van der Waals surface area contributed by atoms with E-state index in [1.165, 1.54) is 0 Å². The number of rotatable bonds is 3. The Kier molecular flexibility index (Phi) is 5.43. The molecule has 0 saturated carbocycles. The van der Waals surface area contributed by atoms with Gasteiger partial charge in [-0.15, -0.1) is 0 Å². The monoisotopic (exact) mass is 304 g/mol. The Morgan fingerprint density at radius 2 is 1.47 bits per heavy atom. The van der Waals surface area contributed by atoms with E-state index in [1.54, 1.807) is 0 Å². The summed E-state index contributed by atoms with van der Waals surface area (Å²) in [5, 5.41) is 0. The number of hydrogen-bond acceptors (Lipinski definition) is 2. The average Bonchev–Trinajstić information content (AvgIpc) is 2.36. The van der Waals surface area contributed by atoms with Crippen molar-refractivity contribution in [1.82, 2.24) is 9.80 Å². The van der Waals surface area contributed by atoms with Crippen molar-refractivity contribution in [3.63, 3.8) is 0 Å². The molecule has 0 aromatic heterocycles. The Balaban J connectivity index is 2.46. The first kappa shape index (κ1) is 14.5. The number of amides is 2. The smallest absolute Gasteiger partial charge is 0.236 e.